The fourth-order valence-corrected chi connectivity index (χ4v) is 2.38. The Hall–Kier alpha value is -2.87. The lowest BCUT2D eigenvalue weighted by Crippen LogP contribution is -2.32. The Labute approximate surface area is 145 Å². The monoisotopic (exact) mass is 389 g/mol. The smallest absolute Gasteiger partial charge is 0.329 e. The van der Waals surface area contributed by atoms with E-state index in [4.69, 9.17) is 9.47 Å². The number of amides is 2. The molecule has 0 aliphatic carbocycles. The zero-order valence-electron chi connectivity index (χ0n) is 12.3. The van der Waals surface area contributed by atoms with E-state index in [1.807, 2.05) is 6.07 Å². The predicted molar refractivity (Wildman–Crippen MR) is 91.1 cm³/mol. The summed E-state index contributed by atoms with van der Waals surface area (Å²) in [6, 6.07) is 12.1. The van der Waals surface area contributed by atoms with Crippen LogP contribution in [0, 0.1) is 0 Å². The highest BCUT2D eigenvalue weighted by atomic mass is 79.9. The second-order valence-corrected chi connectivity index (χ2v) is 5.60. The van der Waals surface area contributed by atoms with Crippen LogP contribution in [0.2, 0.25) is 0 Å². The van der Waals surface area contributed by atoms with Crippen molar-refractivity contribution >= 4 is 39.6 Å². The molecule has 3 rings (SSSR count). The van der Waals surface area contributed by atoms with Gasteiger partial charge in [-0.05, 0) is 40.2 Å². The zero-order chi connectivity index (χ0) is 16.9. The van der Waals surface area contributed by atoms with Gasteiger partial charge in [-0.15, -0.1) is 0 Å². The Morgan fingerprint density at radius 3 is 2.54 bits per heavy atom. The van der Waals surface area contributed by atoms with E-state index >= 15 is 0 Å². The summed E-state index contributed by atoms with van der Waals surface area (Å²) in [6.07, 6.45) is 1.40. The number of anilines is 1. The molecule has 0 saturated heterocycles. The van der Waals surface area contributed by atoms with E-state index < -0.39 is 11.8 Å². The number of nitrogens with one attached hydrogen (secondary N) is 2. The first-order valence-corrected chi connectivity index (χ1v) is 7.71. The summed E-state index contributed by atoms with van der Waals surface area (Å²) >= 11 is 3.37. The standard InChI is InChI=1S/C16H12BrN3O4/c17-12-7-14-13(23-9-24-14)6-10(12)8-18-20-16(22)15(21)19-11-4-2-1-3-5-11/h1-8H,9H2,(H,19,21)(H,20,22)/b18-8-. The van der Waals surface area contributed by atoms with Gasteiger partial charge >= 0.3 is 11.8 Å². The minimum Gasteiger partial charge on any atom is -0.454 e. The summed E-state index contributed by atoms with van der Waals surface area (Å²) in [5.74, 6) is -0.451. The van der Waals surface area contributed by atoms with E-state index in [1.165, 1.54) is 6.21 Å². The third-order valence-electron chi connectivity index (χ3n) is 3.10. The molecule has 24 heavy (non-hydrogen) atoms. The Morgan fingerprint density at radius 2 is 1.79 bits per heavy atom. The van der Waals surface area contributed by atoms with Crippen LogP contribution in [0.5, 0.6) is 11.5 Å². The number of hydrogen-bond acceptors (Lipinski definition) is 5. The van der Waals surface area contributed by atoms with E-state index in [1.54, 1.807) is 36.4 Å². The number of halogens is 1. The summed E-state index contributed by atoms with van der Waals surface area (Å²) < 4.78 is 11.2. The fraction of sp³-hybridized carbons (Fsp3) is 0.0625. The van der Waals surface area contributed by atoms with E-state index in [0.717, 1.165) is 4.47 Å². The molecular formula is C16H12BrN3O4. The van der Waals surface area contributed by atoms with Crippen molar-refractivity contribution in [1.82, 2.24) is 5.43 Å². The molecular weight excluding hydrogens is 378 g/mol. The van der Waals surface area contributed by atoms with Crippen molar-refractivity contribution in [2.45, 2.75) is 0 Å². The molecule has 8 heteroatoms. The van der Waals surface area contributed by atoms with E-state index in [9.17, 15) is 9.59 Å². The zero-order valence-corrected chi connectivity index (χ0v) is 13.9. The molecule has 2 N–H and O–H groups in total. The molecule has 0 unspecified atom stereocenters. The van der Waals surface area contributed by atoms with E-state index in [0.29, 0.717) is 22.7 Å². The maximum Gasteiger partial charge on any atom is 0.329 e. The number of fused-ring (bicyclic) bond motifs is 1. The molecule has 1 aliphatic heterocycles. The van der Waals surface area contributed by atoms with Gasteiger partial charge in [0.2, 0.25) is 6.79 Å². The van der Waals surface area contributed by atoms with Crippen LogP contribution in [0.25, 0.3) is 0 Å². The summed E-state index contributed by atoms with van der Waals surface area (Å²) in [7, 11) is 0. The highest BCUT2D eigenvalue weighted by Crippen LogP contribution is 2.36. The first-order valence-electron chi connectivity index (χ1n) is 6.92. The van der Waals surface area contributed by atoms with Crippen LogP contribution in [0.1, 0.15) is 5.56 Å². The van der Waals surface area contributed by atoms with Crippen LogP contribution >= 0.6 is 15.9 Å². The van der Waals surface area contributed by atoms with Crippen molar-refractivity contribution in [3.05, 3.63) is 52.5 Å². The first-order chi connectivity index (χ1) is 11.6. The normalized spacial score (nSPS) is 12.2. The molecule has 0 atom stereocenters. The minimum atomic E-state index is -0.869. The lowest BCUT2D eigenvalue weighted by Gasteiger charge is -2.04. The maximum absolute atomic E-state index is 11.7. The SMILES string of the molecule is O=C(N/N=C\c1cc2c(cc1Br)OCO2)C(=O)Nc1ccccc1. The maximum atomic E-state index is 11.7. The van der Waals surface area contributed by atoms with Gasteiger partial charge in [0.15, 0.2) is 11.5 Å². The largest absolute Gasteiger partial charge is 0.454 e. The average Bonchev–Trinajstić information content (AvgIpc) is 3.02. The van der Waals surface area contributed by atoms with Gasteiger partial charge < -0.3 is 14.8 Å². The van der Waals surface area contributed by atoms with Crippen molar-refractivity contribution in [2.24, 2.45) is 5.10 Å². The lowest BCUT2D eigenvalue weighted by atomic mass is 10.2. The molecule has 122 valence electrons. The Kier molecular flexibility index (Phi) is 4.76. The third kappa shape index (κ3) is 3.72. The van der Waals surface area contributed by atoms with Gasteiger partial charge in [-0.1, -0.05) is 18.2 Å². The first kappa shape index (κ1) is 16.0. The Bertz CT molecular complexity index is 808. The molecule has 0 saturated carbocycles. The Morgan fingerprint density at radius 1 is 1.08 bits per heavy atom. The molecule has 0 bridgehead atoms. The van der Waals surface area contributed by atoms with Crippen molar-refractivity contribution < 1.29 is 19.1 Å². The topological polar surface area (TPSA) is 89.0 Å². The number of para-hydroxylation sites is 1. The number of hydrazone groups is 1. The number of hydrogen-bond donors (Lipinski definition) is 2. The third-order valence-corrected chi connectivity index (χ3v) is 3.79. The van der Waals surface area contributed by atoms with Gasteiger partial charge in [0.05, 0.1) is 6.21 Å². The minimum absolute atomic E-state index is 0.165. The number of nitrogens with zero attached hydrogens (tertiary/aromatic N) is 1. The summed E-state index contributed by atoms with van der Waals surface area (Å²) in [4.78, 5) is 23.4. The van der Waals surface area contributed by atoms with E-state index in [2.05, 4.69) is 31.8 Å². The van der Waals surface area contributed by atoms with Crippen molar-refractivity contribution in [3.63, 3.8) is 0 Å². The van der Waals surface area contributed by atoms with Crippen molar-refractivity contribution in [3.8, 4) is 11.5 Å². The van der Waals surface area contributed by atoms with Gasteiger partial charge in [-0.2, -0.15) is 5.10 Å². The van der Waals surface area contributed by atoms with Gasteiger partial charge in [0.1, 0.15) is 0 Å². The molecule has 7 nitrogen and oxygen atoms in total. The second-order valence-electron chi connectivity index (χ2n) is 4.75. The van der Waals surface area contributed by atoms with Crippen LogP contribution in [0.3, 0.4) is 0 Å². The molecule has 0 spiro atoms. The number of ether oxygens (including phenoxy) is 2. The lowest BCUT2D eigenvalue weighted by molar-refractivity contribution is -0.136. The summed E-state index contributed by atoms with van der Waals surface area (Å²) in [5, 5.41) is 6.24. The number of carbonyl (C=O) groups is 2. The van der Waals surface area contributed by atoms with Crippen LogP contribution in [-0.4, -0.2) is 24.8 Å². The van der Waals surface area contributed by atoms with Gasteiger partial charge in [-0.3, -0.25) is 9.59 Å². The second kappa shape index (κ2) is 7.14. The molecule has 1 heterocycles. The highest BCUT2D eigenvalue weighted by Gasteiger charge is 2.16. The van der Waals surface area contributed by atoms with Crippen LogP contribution in [0.4, 0.5) is 5.69 Å². The predicted octanol–water partition coefficient (Wildman–Crippen LogP) is 2.27. The molecule has 0 aromatic heterocycles. The number of benzene rings is 2. The Balaban J connectivity index is 1.60. The van der Waals surface area contributed by atoms with Crippen molar-refractivity contribution in [1.29, 1.82) is 0 Å². The summed E-state index contributed by atoms with van der Waals surface area (Å²) in [5.41, 5.74) is 3.37. The van der Waals surface area contributed by atoms with Crippen LogP contribution in [0.15, 0.2) is 52.0 Å². The van der Waals surface area contributed by atoms with Crippen molar-refractivity contribution in [2.75, 3.05) is 12.1 Å². The van der Waals surface area contributed by atoms with Crippen LogP contribution in [-0.2, 0) is 9.59 Å². The quantitative estimate of drug-likeness (QED) is 0.478. The fourth-order valence-electron chi connectivity index (χ4n) is 1.95. The molecule has 0 radical (unpaired) electrons. The van der Waals surface area contributed by atoms with Gasteiger partial charge in [0, 0.05) is 15.7 Å². The average molecular weight is 390 g/mol. The molecule has 1 aliphatic rings. The van der Waals surface area contributed by atoms with Gasteiger partial charge in [-0.25, -0.2) is 5.43 Å². The van der Waals surface area contributed by atoms with Crippen LogP contribution < -0.4 is 20.2 Å². The summed E-state index contributed by atoms with van der Waals surface area (Å²) in [6.45, 7) is 0.165. The number of rotatable bonds is 3. The molecule has 2 aromatic carbocycles. The number of carbonyl (C=O) groups excluding carboxylic acids is 2. The molecule has 2 aromatic rings. The molecule has 2 amide bonds. The van der Waals surface area contributed by atoms with Gasteiger partial charge in [0.25, 0.3) is 0 Å². The molecule has 0 fully saturated rings. The highest BCUT2D eigenvalue weighted by molar-refractivity contribution is 9.10. The van der Waals surface area contributed by atoms with E-state index in [-0.39, 0.29) is 6.79 Å².